The molecule has 2 heterocycles. The van der Waals surface area contributed by atoms with Crippen molar-refractivity contribution in [1.29, 1.82) is 0 Å². The summed E-state index contributed by atoms with van der Waals surface area (Å²) in [5.74, 6) is 0.853. The van der Waals surface area contributed by atoms with Crippen LogP contribution in [0.4, 0.5) is 8.78 Å². The number of hydrogen-bond acceptors (Lipinski definition) is 6. The van der Waals surface area contributed by atoms with Crippen LogP contribution in [0.5, 0.6) is 5.75 Å². The minimum absolute atomic E-state index is 0.131. The molecule has 1 atom stereocenters. The largest absolute Gasteiger partial charge is 0.497 e. The van der Waals surface area contributed by atoms with Crippen LogP contribution in [0.25, 0.3) is 11.4 Å². The Kier molecular flexibility index (Phi) is 6.06. The molecule has 0 spiro atoms. The van der Waals surface area contributed by atoms with Gasteiger partial charge in [0.25, 0.3) is 0 Å². The van der Waals surface area contributed by atoms with Crippen LogP contribution >= 0.6 is 0 Å². The van der Waals surface area contributed by atoms with Gasteiger partial charge in [-0.25, -0.2) is 8.78 Å². The second-order valence-electron chi connectivity index (χ2n) is 7.36. The Hall–Kier alpha value is -2.84. The van der Waals surface area contributed by atoms with Gasteiger partial charge >= 0.3 is 0 Å². The third-order valence-corrected chi connectivity index (χ3v) is 5.55. The molecule has 0 unspecified atom stereocenters. The first-order valence-electron chi connectivity index (χ1n) is 9.92. The lowest BCUT2D eigenvalue weighted by molar-refractivity contribution is 0.0880. The Morgan fingerprint density at radius 1 is 1.03 bits per heavy atom. The summed E-state index contributed by atoms with van der Waals surface area (Å²) in [7, 11) is 1.62. The zero-order chi connectivity index (χ0) is 21.1. The number of ether oxygens (including phenoxy) is 1. The lowest BCUT2D eigenvalue weighted by Crippen LogP contribution is -2.46. The summed E-state index contributed by atoms with van der Waals surface area (Å²) in [6, 6.07) is 11.2. The van der Waals surface area contributed by atoms with Gasteiger partial charge < -0.3 is 9.26 Å². The van der Waals surface area contributed by atoms with Gasteiger partial charge in [-0.2, -0.15) is 4.98 Å². The maximum Gasteiger partial charge on any atom is 0.241 e. The molecule has 1 aliphatic rings. The molecule has 3 aromatic rings. The minimum Gasteiger partial charge on any atom is -0.497 e. The van der Waals surface area contributed by atoms with Gasteiger partial charge in [0.05, 0.1) is 13.7 Å². The normalized spacial score (nSPS) is 16.5. The monoisotopic (exact) mass is 414 g/mol. The van der Waals surface area contributed by atoms with E-state index in [0.29, 0.717) is 31.3 Å². The fourth-order valence-electron chi connectivity index (χ4n) is 3.77. The highest BCUT2D eigenvalue weighted by Crippen LogP contribution is 2.27. The van der Waals surface area contributed by atoms with Gasteiger partial charge in [-0.3, -0.25) is 9.80 Å². The highest BCUT2D eigenvalue weighted by Gasteiger charge is 2.26. The Balaban J connectivity index is 1.34. The van der Waals surface area contributed by atoms with Crippen molar-refractivity contribution >= 4 is 0 Å². The van der Waals surface area contributed by atoms with E-state index in [1.54, 1.807) is 7.11 Å². The molecular weight excluding hydrogens is 390 g/mol. The number of benzene rings is 2. The average Bonchev–Trinajstić information content (AvgIpc) is 3.22. The third kappa shape index (κ3) is 4.34. The van der Waals surface area contributed by atoms with Crippen LogP contribution in [0, 0.1) is 11.6 Å². The maximum absolute atomic E-state index is 14.1. The number of nitrogens with zero attached hydrogens (tertiary/aromatic N) is 4. The molecule has 1 saturated heterocycles. The van der Waals surface area contributed by atoms with Gasteiger partial charge in [0, 0.05) is 43.3 Å². The summed E-state index contributed by atoms with van der Waals surface area (Å²) in [4.78, 5) is 8.77. The molecule has 4 rings (SSSR count). The number of aromatic nitrogens is 2. The highest BCUT2D eigenvalue weighted by atomic mass is 19.1. The summed E-state index contributed by atoms with van der Waals surface area (Å²) in [6.07, 6.45) is 0. The van der Waals surface area contributed by atoms with Crippen molar-refractivity contribution in [2.24, 2.45) is 0 Å². The third-order valence-electron chi connectivity index (χ3n) is 5.55. The summed E-state index contributed by atoms with van der Waals surface area (Å²) in [5, 5.41) is 4.06. The molecule has 1 aromatic heterocycles. The van der Waals surface area contributed by atoms with Crippen LogP contribution in [0.2, 0.25) is 0 Å². The highest BCUT2D eigenvalue weighted by molar-refractivity contribution is 5.55. The Morgan fingerprint density at radius 3 is 2.33 bits per heavy atom. The smallest absolute Gasteiger partial charge is 0.241 e. The Morgan fingerprint density at radius 2 is 1.70 bits per heavy atom. The predicted octanol–water partition coefficient (Wildman–Crippen LogP) is 3.90. The molecule has 30 heavy (non-hydrogen) atoms. The zero-order valence-corrected chi connectivity index (χ0v) is 17.0. The Bertz CT molecular complexity index is 965. The second-order valence-corrected chi connectivity index (χ2v) is 7.36. The van der Waals surface area contributed by atoms with Gasteiger partial charge in [0.2, 0.25) is 11.7 Å². The summed E-state index contributed by atoms with van der Waals surface area (Å²) >= 11 is 0. The molecular formula is C22H24F2N4O2. The topological polar surface area (TPSA) is 54.6 Å². The number of piperazine rings is 1. The molecule has 1 aliphatic heterocycles. The molecule has 2 aromatic carbocycles. The van der Waals surface area contributed by atoms with E-state index < -0.39 is 11.6 Å². The number of halogens is 2. The van der Waals surface area contributed by atoms with Crippen molar-refractivity contribution in [2.45, 2.75) is 19.5 Å². The van der Waals surface area contributed by atoms with Crippen LogP contribution in [0.1, 0.15) is 24.4 Å². The van der Waals surface area contributed by atoms with Crippen molar-refractivity contribution < 1.29 is 18.0 Å². The molecule has 6 nitrogen and oxygen atoms in total. The van der Waals surface area contributed by atoms with Crippen molar-refractivity contribution in [3.05, 3.63) is 65.6 Å². The van der Waals surface area contributed by atoms with Crippen molar-refractivity contribution in [2.75, 3.05) is 33.3 Å². The molecule has 0 saturated carbocycles. The maximum atomic E-state index is 14.1. The predicted molar refractivity (Wildman–Crippen MR) is 108 cm³/mol. The molecule has 8 heteroatoms. The van der Waals surface area contributed by atoms with Crippen LogP contribution in [0.15, 0.2) is 47.0 Å². The minimum atomic E-state index is -0.498. The van der Waals surface area contributed by atoms with E-state index in [1.807, 2.05) is 31.2 Å². The molecule has 0 amide bonds. The van der Waals surface area contributed by atoms with Crippen LogP contribution in [-0.4, -0.2) is 53.2 Å². The van der Waals surface area contributed by atoms with Crippen LogP contribution < -0.4 is 4.74 Å². The second kappa shape index (κ2) is 8.89. The van der Waals surface area contributed by atoms with Crippen molar-refractivity contribution in [1.82, 2.24) is 19.9 Å². The van der Waals surface area contributed by atoms with E-state index in [-0.39, 0.29) is 11.6 Å². The fraction of sp³-hybridized carbons (Fsp3) is 0.364. The molecule has 0 bridgehead atoms. The van der Waals surface area contributed by atoms with Gasteiger partial charge in [-0.05, 0) is 43.3 Å². The van der Waals surface area contributed by atoms with E-state index in [1.165, 1.54) is 18.2 Å². The van der Waals surface area contributed by atoms with E-state index in [4.69, 9.17) is 9.26 Å². The Labute approximate surface area is 174 Å². The van der Waals surface area contributed by atoms with Gasteiger partial charge in [-0.1, -0.05) is 11.2 Å². The quantitative estimate of drug-likeness (QED) is 0.610. The molecule has 0 radical (unpaired) electrons. The van der Waals surface area contributed by atoms with Gasteiger partial charge in [-0.15, -0.1) is 0 Å². The van der Waals surface area contributed by atoms with E-state index in [0.717, 1.165) is 24.4 Å². The van der Waals surface area contributed by atoms with Crippen molar-refractivity contribution in [3.8, 4) is 17.1 Å². The first-order chi connectivity index (χ1) is 14.5. The number of hydrogen-bond donors (Lipinski definition) is 0. The van der Waals surface area contributed by atoms with Gasteiger partial charge in [0.15, 0.2) is 0 Å². The average molecular weight is 414 g/mol. The van der Waals surface area contributed by atoms with E-state index in [9.17, 15) is 8.78 Å². The first kappa shape index (κ1) is 20.4. The lowest BCUT2D eigenvalue weighted by Gasteiger charge is -2.37. The summed E-state index contributed by atoms with van der Waals surface area (Å²) in [6.45, 7) is 5.29. The zero-order valence-electron chi connectivity index (χ0n) is 17.0. The molecule has 1 fully saturated rings. The van der Waals surface area contributed by atoms with E-state index >= 15 is 0 Å². The van der Waals surface area contributed by atoms with Crippen LogP contribution in [-0.2, 0) is 6.54 Å². The van der Waals surface area contributed by atoms with E-state index in [2.05, 4.69) is 19.9 Å². The van der Waals surface area contributed by atoms with Gasteiger partial charge in [0.1, 0.15) is 17.4 Å². The first-order valence-corrected chi connectivity index (χ1v) is 9.92. The SMILES string of the molecule is COc1ccc(-c2noc(CN3CCN([C@@H](C)c4c(F)cccc4F)CC3)n2)cc1. The summed E-state index contributed by atoms with van der Waals surface area (Å²) < 4.78 is 38.8. The lowest BCUT2D eigenvalue weighted by atomic mass is 10.0. The molecule has 0 aliphatic carbocycles. The number of rotatable bonds is 6. The molecule has 0 N–H and O–H groups in total. The van der Waals surface area contributed by atoms with Crippen molar-refractivity contribution in [3.63, 3.8) is 0 Å². The molecule has 158 valence electrons. The number of methoxy groups -OCH3 is 1. The van der Waals surface area contributed by atoms with Crippen LogP contribution in [0.3, 0.4) is 0 Å². The fourth-order valence-corrected chi connectivity index (χ4v) is 3.77. The standard InChI is InChI=1S/C22H24F2N4O2/c1-15(21-18(23)4-3-5-19(21)24)28-12-10-27(11-13-28)14-20-25-22(26-30-20)16-6-8-17(29-2)9-7-16/h3-9,15H,10-14H2,1-2H3/t15-/m0/s1. The summed E-state index contributed by atoms with van der Waals surface area (Å²) in [5.41, 5.74) is 0.989.